The second kappa shape index (κ2) is 10.7. The van der Waals surface area contributed by atoms with E-state index in [9.17, 15) is 14.4 Å². The standard InChI is InChI=1S/C20H30N2O6/c1-13(27-12-14-6-8-15(9-7-14)18(24)26-5)16(10-11-17(21)23)22-19(25)28-20(2,3)4/h6-9,13,16H,10-12H2,1-5H3,(H2,21,23)(H,22,25). The number of carbonyl (C=O) groups is 3. The number of amides is 2. The number of primary amides is 1. The molecular formula is C20H30N2O6. The third-order valence-electron chi connectivity index (χ3n) is 3.86. The molecule has 0 aliphatic rings. The maximum absolute atomic E-state index is 12.1. The van der Waals surface area contributed by atoms with Crippen molar-refractivity contribution in [3.8, 4) is 0 Å². The number of hydrogen-bond acceptors (Lipinski definition) is 6. The Morgan fingerprint density at radius 3 is 2.25 bits per heavy atom. The Morgan fingerprint density at radius 2 is 1.75 bits per heavy atom. The lowest BCUT2D eigenvalue weighted by Gasteiger charge is -2.27. The van der Waals surface area contributed by atoms with Gasteiger partial charge in [0.25, 0.3) is 0 Å². The first-order valence-electron chi connectivity index (χ1n) is 9.08. The van der Waals surface area contributed by atoms with Crippen molar-refractivity contribution in [3.63, 3.8) is 0 Å². The van der Waals surface area contributed by atoms with Crippen LogP contribution in [0, 0.1) is 0 Å². The van der Waals surface area contributed by atoms with E-state index in [-0.39, 0.29) is 13.0 Å². The summed E-state index contributed by atoms with van der Waals surface area (Å²) in [5.74, 6) is -0.865. The molecule has 0 aliphatic carbocycles. The highest BCUT2D eigenvalue weighted by Crippen LogP contribution is 2.13. The SMILES string of the molecule is COC(=O)c1ccc(COC(C)C(CCC(N)=O)NC(=O)OC(C)(C)C)cc1. The summed E-state index contributed by atoms with van der Waals surface area (Å²) in [6, 6.07) is 6.38. The monoisotopic (exact) mass is 394 g/mol. The topological polar surface area (TPSA) is 117 Å². The van der Waals surface area contributed by atoms with E-state index in [4.69, 9.17) is 15.2 Å². The van der Waals surface area contributed by atoms with E-state index in [0.717, 1.165) is 5.56 Å². The van der Waals surface area contributed by atoms with Crippen molar-refractivity contribution in [1.82, 2.24) is 5.32 Å². The predicted molar refractivity (Wildman–Crippen MR) is 104 cm³/mol. The van der Waals surface area contributed by atoms with Crippen molar-refractivity contribution in [2.75, 3.05) is 7.11 Å². The first kappa shape index (κ1) is 23.4. The zero-order valence-electron chi connectivity index (χ0n) is 17.1. The minimum absolute atomic E-state index is 0.113. The Balaban J connectivity index is 2.68. The molecule has 28 heavy (non-hydrogen) atoms. The van der Waals surface area contributed by atoms with Gasteiger partial charge in [0.1, 0.15) is 5.60 Å². The number of ether oxygens (including phenoxy) is 3. The average molecular weight is 394 g/mol. The quantitative estimate of drug-likeness (QED) is 0.622. The molecule has 2 atom stereocenters. The Kier molecular flexibility index (Phi) is 8.91. The molecular weight excluding hydrogens is 364 g/mol. The van der Waals surface area contributed by atoms with Crippen LogP contribution in [0.5, 0.6) is 0 Å². The molecule has 1 aromatic carbocycles. The number of methoxy groups -OCH3 is 1. The molecule has 0 bridgehead atoms. The van der Waals surface area contributed by atoms with Crippen LogP contribution in [0.25, 0.3) is 0 Å². The molecule has 0 radical (unpaired) electrons. The molecule has 0 saturated heterocycles. The molecule has 2 unspecified atom stereocenters. The zero-order valence-corrected chi connectivity index (χ0v) is 17.1. The van der Waals surface area contributed by atoms with Gasteiger partial charge in [0.05, 0.1) is 31.4 Å². The second-order valence-corrected chi connectivity index (χ2v) is 7.46. The lowest BCUT2D eigenvalue weighted by molar-refractivity contribution is -0.118. The molecule has 0 saturated carbocycles. The van der Waals surface area contributed by atoms with Gasteiger partial charge in [0.2, 0.25) is 5.91 Å². The molecule has 0 heterocycles. The van der Waals surface area contributed by atoms with Gasteiger partial charge in [0, 0.05) is 6.42 Å². The third kappa shape index (κ3) is 8.85. The number of carbonyl (C=O) groups excluding carboxylic acids is 3. The average Bonchev–Trinajstić information content (AvgIpc) is 2.61. The van der Waals surface area contributed by atoms with Crippen LogP contribution in [0.1, 0.15) is 56.5 Å². The van der Waals surface area contributed by atoms with Crippen molar-refractivity contribution in [3.05, 3.63) is 35.4 Å². The van der Waals surface area contributed by atoms with E-state index in [2.05, 4.69) is 10.1 Å². The van der Waals surface area contributed by atoms with Gasteiger partial charge in [-0.15, -0.1) is 0 Å². The lowest BCUT2D eigenvalue weighted by Crippen LogP contribution is -2.45. The smallest absolute Gasteiger partial charge is 0.407 e. The van der Waals surface area contributed by atoms with E-state index in [1.165, 1.54) is 7.11 Å². The summed E-state index contributed by atoms with van der Waals surface area (Å²) >= 11 is 0. The van der Waals surface area contributed by atoms with Gasteiger partial charge < -0.3 is 25.3 Å². The molecule has 0 aromatic heterocycles. The zero-order chi connectivity index (χ0) is 21.3. The van der Waals surface area contributed by atoms with Crippen molar-refractivity contribution in [2.24, 2.45) is 5.73 Å². The summed E-state index contributed by atoms with van der Waals surface area (Å²) in [4.78, 5) is 34.7. The van der Waals surface area contributed by atoms with Crippen LogP contribution in [-0.4, -0.2) is 42.8 Å². The van der Waals surface area contributed by atoms with Crippen LogP contribution in [0.4, 0.5) is 4.79 Å². The van der Waals surface area contributed by atoms with Gasteiger partial charge in [-0.1, -0.05) is 12.1 Å². The molecule has 156 valence electrons. The second-order valence-electron chi connectivity index (χ2n) is 7.46. The Hall–Kier alpha value is -2.61. The summed E-state index contributed by atoms with van der Waals surface area (Å²) in [5.41, 5.74) is 5.89. The Labute approximate surface area is 165 Å². The van der Waals surface area contributed by atoms with E-state index in [1.54, 1.807) is 52.0 Å². The highest BCUT2D eigenvalue weighted by atomic mass is 16.6. The predicted octanol–water partition coefficient (Wildman–Crippen LogP) is 2.54. The molecule has 8 nitrogen and oxygen atoms in total. The molecule has 0 aliphatic heterocycles. The van der Waals surface area contributed by atoms with Crippen LogP contribution >= 0.6 is 0 Å². The van der Waals surface area contributed by atoms with Gasteiger partial charge in [0.15, 0.2) is 0 Å². The first-order chi connectivity index (χ1) is 13.0. The fourth-order valence-electron chi connectivity index (χ4n) is 2.38. The summed E-state index contributed by atoms with van der Waals surface area (Å²) < 4.78 is 15.8. The molecule has 0 fully saturated rings. The number of esters is 1. The van der Waals surface area contributed by atoms with Gasteiger partial charge in [-0.25, -0.2) is 9.59 Å². The van der Waals surface area contributed by atoms with E-state index >= 15 is 0 Å². The van der Waals surface area contributed by atoms with Crippen molar-refractivity contribution in [2.45, 2.75) is 64.9 Å². The van der Waals surface area contributed by atoms with E-state index in [1.807, 2.05) is 0 Å². The molecule has 8 heteroatoms. The minimum Gasteiger partial charge on any atom is -0.465 e. The number of alkyl carbamates (subject to hydrolysis) is 1. The van der Waals surface area contributed by atoms with Crippen LogP contribution in [0.2, 0.25) is 0 Å². The molecule has 1 aromatic rings. The summed E-state index contributed by atoms with van der Waals surface area (Å²) in [6.45, 7) is 7.37. The summed E-state index contributed by atoms with van der Waals surface area (Å²) in [7, 11) is 1.32. The van der Waals surface area contributed by atoms with Crippen LogP contribution in [0.3, 0.4) is 0 Å². The summed E-state index contributed by atoms with van der Waals surface area (Å²) in [5, 5.41) is 2.74. The summed E-state index contributed by atoms with van der Waals surface area (Å²) in [6.07, 6.45) is -0.536. The number of rotatable bonds is 9. The highest BCUT2D eigenvalue weighted by Gasteiger charge is 2.24. The van der Waals surface area contributed by atoms with Crippen LogP contribution in [-0.2, 0) is 25.6 Å². The van der Waals surface area contributed by atoms with Crippen molar-refractivity contribution < 1.29 is 28.6 Å². The van der Waals surface area contributed by atoms with Crippen LogP contribution < -0.4 is 11.1 Å². The van der Waals surface area contributed by atoms with Gasteiger partial charge in [-0.05, 0) is 51.8 Å². The van der Waals surface area contributed by atoms with Crippen molar-refractivity contribution >= 4 is 18.0 Å². The maximum Gasteiger partial charge on any atom is 0.407 e. The Morgan fingerprint density at radius 1 is 1.14 bits per heavy atom. The van der Waals surface area contributed by atoms with Crippen LogP contribution in [0.15, 0.2) is 24.3 Å². The number of nitrogens with one attached hydrogen (secondary N) is 1. The van der Waals surface area contributed by atoms with Gasteiger partial charge >= 0.3 is 12.1 Å². The fourth-order valence-corrected chi connectivity index (χ4v) is 2.38. The minimum atomic E-state index is -0.635. The Bertz CT molecular complexity index is 666. The lowest BCUT2D eigenvalue weighted by atomic mass is 10.1. The molecule has 0 spiro atoms. The molecule has 2 amide bonds. The largest absolute Gasteiger partial charge is 0.465 e. The van der Waals surface area contributed by atoms with E-state index < -0.39 is 35.7 Å². The normalized spacial score (nSPS) is 13.3. The molecule has 1 rings (SSSR count). The number of benzene rings is 1. The van der Waals surface area contributed by atoms with Crippen molar-refractivity contribution in [1.29, 1.82) is 0 Å². The number of nitrogens with two attached hydrogens (primary N) is 1. The maximum atomic E-state index is 12.1. The highest BCUT2D eigenvalue weighted by molar-refractivity contribution is 5.89. The first-order valence-corrected chi connectivity index (χ1v) is 9.08. The van der Waals surface area contributed by atoms with Gasteiger partial charge in [-0.2, -0.15) is 0 Å². The third-order valence-corrected chi connectivity index (χ3v) is 3.86. The fraction of sp³-hybridized carbons (Fsp3) is 0.550. The number of hydrogen-bond donors (Lipinski definition) is 2. The molecule has 3 N–H and O–H groups in total. The van der Waals surface area contributed by atoms with Gasteiger partial charge in [-0.3, -0.25) is 4.79 Å². The van der Waals surface area contributed by atoms with E-state index in [0.29, 0.717) is 12.0 Å².